The maximum absolute atomic E-state index is 11.8. The highest BCUT2D eigenvalue weighted by Gasteiger charge is 2.24. The summed E-state index contributed by atoms with van der Waals surface area (Å²) in [4.78, 5) is 13.6. The van der Waals surface area contributed by atoms with Crippen molar-refractivity contribution in [3.63, 3.8) is 0 Å². The average molecular weight is 239 g/mol. The SMILES string of the molecule is CCCC=C1CCN(C(=O)OC(C)(C)C)CC1. The van der Waals surface area contributed by atoms with E-state index in [1.165, 1.54) is 12.0 Å². The van der Waals surface area contributed by atoms with Crippen molar-refractivity contribution in [3.05, 3.63) is 11.6 Å². The number of carbonyl (C=O) groups is 1. The molecule has 0 aliphatic carbocycles. The number of carbonyl (C=O) groups excluding carboxylic acids is 1. The number of hydrogen-bond acceptors (Lipinski definition) is 2. The van der Waals surface area contributed by atoms with Gasteiger partial charge in [0.1, 0.15) is 5.60 Å². The molecule has 0 radical (unpaired) electrons. The predicted molar refractivity (Wildman–Crippen MR) is 70.0 cm³/mol. The van der Waals surface area contributed by atoms with Crippen LogP contribution in [0.15, 0.2) is 11.6 Å². The zero-order valence-corrected chi connectivity index (χ0v) is 11.6. The van der Waals surface area contributed by atoms with Crippen LogP contribution in [-0.4, -0.2) is 29.7 Å². The molecule has 0 bridgehead atoms. The fourth-order valence-corrected chi connectivity index (χ4v) is 1.86. The quantitative estimate of drug-likeness (QED) is 0.687. The van der Waals surface area contributed by atoms with Gasteiger partial charge in [-0.25, -0.2) is 4.79 Å². The summed E-state index contributed by atoms with van der Waals surface area (Å²) in [7, 11) is 0. The highest BCUT2D eigenvalue weighted by Crippen LogP contribution is 2.19. The Balaban J connectivity index is 2.39. The monoisotopic (exact) mass is 239 g/mol. The highest BCUT2D eigenvalue weighted by atomic mass is 16.6. The number of nitrogens with zero attached hydrogens (tertiary/aromatic N) is 1. The normalized spacial score (nSPS) is 16.9. The van der Waals surface area contributed by atoms with E-state index in [1.54, 1.807) is 0 Å². The Hall–Kier alpha value is -0.990. The van der Waals surface area contributed by atoms with Crippen LogP contribution in [0.2, 0.25) is 0 Å². The van der Waals surface area contributed by atoms with Crippen LogP contribution >= 0.6 is 0 Å². The third kappa shape index (κ3) is 5.24. The number of amides is 1. The molecule has 0 spiro atoms. The van der Waals surface area contributed by atoms with Gasteiger partial charge in [0, 0.05) is 13.1 Å². The van der Waals surface area contributed by atoms with Crippen LogP contribution in [0.5, 0.6) is 0 Å². The van der Waals surface area contributed by atoms with Crippen molar-refractivity contribution in [2.75, 3.05) is 13.1 Å². The molecule has 98 valence electrons. The Bertz CT molecular complexity index is 279. The second-order valence-corrected chi connectivity index (χ2v) is 5.62. The van der Waals surface area contributed by atoms with Gasteiger partial charge in [-0.3, -0.25) is 0 Å². The van der Waals surface area contributed by atoms with Gasteiger partial charge in [0.05, 0.1) is 0 Å². The zero-order chi connectivity index (χ0) is 12.9. The lowest BCUT2D eigenvalue weighted by molar-refractivity contribution is 0.0236. The third-order valence-corrected chi connectivity index (χ3v) is 2.78. The van der Waals surface area contributed by atoms with Gasteiger partial charge in [-0.2, -0.15) is 0 Å². The van der Waals surface area contributed by atoms with E-state index in [0.29, 0.717) is 0 Å². The van der Waals surface area contributed by atoms with E-state index >= 15 is 0 Å². The molecule has 0 aromatic rings. The lowest BCUT2D eigenvalue weighted by Crippen LogP contribution is -2.40. The highest BCUT2D eigenvalue weighted by molar-refractivity contribution is 5.68. The molecule has 1 saturated heterocycles. The summed E-state index contributed by atoms with van der Waals surface area (Å²) in [5, 5.41) is 0. The summed E-state index contributed by atoms with van der Waals surface area (Å²) in [6, 6.07) is 0. The van der Waals surface area contributed by atoms with Gasteiger partial charge in [0.25, 0.3) is 0 Å². The van der Waals surface area contributed by atoms with E-state index in [-0.39, 0.29) is 6.09 Å². The summed E-state index contributed by atoms with van der Waals surface area (Å²) in [5.74, 6) is 0. The first kappa shape index (κ1) is 14.1. The molecule has 0 atom stereocenters. The topological polar surface area (TPSA) is 29.5 Å². The fraction of sp³-hybridized carbons (Fsp3) is 0.786. The Morgan fingerprint density at radius 1 is 1.35 bits per heavy atom. The number of likely N-dealkylation sites (tertiary alicyclic amines) is 1. The van der Waals surface area contributed by atoms with E-state index in [4.69, 9.17) is 4.74 Å². The van der Waals surface area contributed by atoms with Crippen molar-refractivity contribution in [3.8, 4) is 0 Å². The molecule has 0 aromatic carbocycles. The molecule has 0 aromatic heterocycles. The standard InChI is InChI=1S/C14H25NO2/c1-5-6-7-12-8-10-15(11-9-12)13(16)17-14(2,3)4/h7H,5-6,8-11H2,1-4H3. The summed E-state index contributed by atoms with van der Waals surface area (Å²) in [6.45, 7) is 9.49. The molecule has 3 heteroatoms. The second-order valence-electron chi connectivity index (χ2n) is 5.62. The van der Waals surface area contributed by atoms with Gasteiger partial charge < -0.3 is 9.64 Å². The van der Waals surface area contributed by atoms with Gasteiger partial charge in [0.2, 0.25) is 0 Å². The van der Waals surface area contributed by atoms with E-state index in [9.17, 15) is 4.79 Å². The largest absolute Gasteiger partial charge is 0.444 e. The van der Waals surface area contributed by atoms with Crippen LogP contribution < -0.4 is 0 Å². The van der Waals surface area contributed by atoms with E-state index in [1.807, 2.05) is 25.7 Å². The fourth-order valence-electron chi connectivity index (χ4n) is 1.86. The van der Waals surface area contributed by atoms with Crippen molar-refractivity contribution in [2.45, 2.75) is 59.0 Å². The second kappa shape index (κ2) is 6.08. The summed E-state index contributed by atoms with van der Waals surface area (Å²) in [5.41, 5.74) is 1.10. The van der Waals surface area contributed by atoms with Crippen LogP contribution in [0, 0.1) is 0 Å². The Labute approximate surface area is 105 Å². The number of ether oxygens (including phenoxy) is 1. The van der Waals surface area contributed by atoms with Gasteiger partial charge >= 0.3 is 6.09 Å². The lowest BCUT2D eigenvalue weighted by Gasteiger charge is -2.31. The maximum atomic E-state index is 11.8. The van der Waals surface area contributed by atoms with Gasteiger partial charge in [0.15, 0.2) is 0 Å². The van der Waals surface area contributed by atoms with Crippen LogP contribution in [-0.2, 0) is 4.74 Å². The smallest absolute Gasteiger partial charge is 0.410 e. The summed E-state index contributed by atoms with van der Waals surface area (Å²) in [6.07, 6.45) is 6.50. The Morgan fingerprint density at radius 2 is 1.94 bits per heavy atom. The van der Waals surface area contributed by atoms with Crippen LogP contribution in [0.3, 0.4) is 0 Å². The minimum Gasteiger partial charge on any atom is -0.444 e. The first-order chi connectivity index (χ1) is 7.92. The summed E-state index contributed by atoms with van der Waals surface area (Å²) >= 11 is 0. The molecule has 0 N–H and O–H groups in total. The molecule has 1 amide bonds. The zero-order valence-electron chi connectivity index (χ0n) is 11.6. The maximum Gasteiger partial charge on any atom is 0.410 e. The number of unbranched alkanes of at least 4 members (excludes halogenated alkanes) is 1. The lowest BCUT2D eigenvalue weighted by atomic mass is 10.0. The van der Waals surface area contributed by atoms with E-state index in [2.05, 4.69) is 13.0 Å². The molecule has 1 aliphatic rings. The van der Waals surface area contributed by atoms with Crippen molar-refractivity contribution < 1.29 is 9.53 Å². The van der Waals surface area contributed by atoms with E-state index < -0.39 is 5.60 Å². The molecule has 17 heavy (non-hydrogen) atoms. The number of rotatable bonds is 2. The minimum atomic E-state index is -0.393. The van der Waals surface area contributed by atoms with E-state index in [0.717, 1.165) is 32.4 Å². The molecule has 1 aliphatic heterocycles. The first-order valence-corrected chi connectivity index (χ1v) is 6.58. The molecule has 3 nitrogen and oxygen atoms in total. The molecule has 0 saturated carbocycles. The minimum absolute atomic E-state index is 0.174. The number of piperidine rings is 1. The van der Waals surface area contributed by atoms with Gasteiger partial charge in [-0.1, -0.05) is 25.0 Å². The summed E-state index contributed by atoms with van der Waals surface area (Å²) < 4.78 is 5.36. The number of hydrogen-bond donors (Lipinski definition) is 0. The van der Waals surface area contributed by atoms with Gasteiger partial charge in [-0.05, 0) is 40.0 Å². The molecular formula is C14H25NO2. The molecule has 1 fully saturated rings. The molecular weight excluding hydrogens is 214 g/mol. The third-order valence-electron chi connectivity index (χ3n) is 2.78. The first-order valence-electron chi connectivity index (χ1n) is 6.58. The van der Waals surface area contributed by atoms with Crippen molar-refractivity contribution in [1.29, 1.82) is 0 Å². The van der Waals surface area contributed by atoms with Crippen molar-refractivity contribution >= 4 is 6.09 Å². The number of allylic oxidation sites excluding steroid dienone is 1. The molecule has 1 rings (SSSR count). The van der Waals surface area contributed by atoms with Crippen LogP contribution in [0.4, 0.5) is 4.79 Å². The van der Waals surface area contributed by atoms with Crippen LogP contribution in [0.1, 0.15) is 53.4 Å². The van der Waals surface area contributed by atoms with Crippen molar-refractivity contribution in [1.82, 2.24) is 4.90 Å². The van der Waals surface area contributed by atoms with Gasteiger partial charge in [-0.15, -0.1) is 0 Å². The Morgan fingerprint density at radius 3 is 2.41 bits per heavy atom. The van der Waals surface area contributed by atoms with Crippen LogP contribution in [0.25, 0.3) is 0 Å². The molecule has 1 heterocycles. The Kier molecular flexibility index (Phi) is 5.03. The molecule has 0 unspecified atom stereocenters. The predicted octanol–water partition coefficient (Wildman–Crippen LogP) is 3.74. The average Bonchev–Trinajstić information content (AvgIpc) is 2.24. The van der Waals surface area contributed by atoms with Crippen molar-refractivity contribution in [2.24, 2.45) is 0 Å².